The van der Waals surface area contributed by atoms with E-state index in [4.69, 9.17) is 16.6 Å². The monoisotopic (exact) mass is 435 g/mol. The van der Waals surface area contributed by atoms with Gasteiger partial charge in [0, 0.05) is 55.6 Å². The molecule has 1 saturated heterocycles. The standard InChI is InChI=1S/C24H26ClN5O/c25-19-7-8-22(26-15-19)29-12-9-17(10-13-29)24(31)27-20-5-3-4-18(14-20)21-16-30-11-2-1-6-23(30)28-21/h3-5,7-8,14-17H,1-2,6,9-13H2,(H,27,31). The van der Waals surface area contributed by atoms with Crippen LogP contribution in [-0.2, 0) is 17.8 Å². The van der Waals surface area contributed by atoms with Gasteiger partial charge in [0.05, 0.1) is 10.7 Å². The molecule has 3 aromatic rings. The van der Waals surface area contributed by atoms with E-state index in [0.29, 0.717) is 5.02 Å². The number of hydrogen-bond acceptors (Lipinski definition) is 4. The van der Waals surface area contributed by atoms with Crippen LogP contribution in [-0.4, -0.2) is 33.5 Å². The number of rotatable bonds is 4. The number of hydrogen-bond donors (Lipinski definition) is 1. The molecule has 1 aromatic carbocycles. The van der Waals surface area contributed by atoms with Crippen LogP contribution in [0.2, 0.25) is 5.02 Å². The number of aromatic nitrogens is 3. The number of amides is 1. The molecule has 2 aliphatic heterocycles. The molecule has 4 heterocycles. The fourth-order valence-corrected chi connectivity index (χ4v) is 4.59. The number of piperidine rings is 1. The van der Waals surface area contributed by atoms with Gasteiger partial charge in [0.15, 0.2) is 0 Å². The normalized spacial score (nSPS) is 16.7. The van der Waals surface area contributed by atoms with Gasteiger partial charge in [-0.05, 0) is 49.9 Å². The van der Waals surface area contributed by atoms with Gasteiger partial charge < -0.3 is 14.8 Å². The van der Waals surface area contributed by atoms with Crippen molar-refractivity contribution in [3.8, 4) is 11.3 Å². The highest BCUT2D eigenvalue weighted by atomic mass is 35.5. The number of nitrogens with zero attached hydrogens (tertiary/aromatic N) is 4. The lowest BCUT2D eigenvalue weighted by atomic mass is 9.95. The number of fused-ring (bicyclic) bond motifs is 1. The van der Waals surface area contributed by atoms with Crippen molar-refractivity contribution < 1.29 is 4.79 Å². The van der Waals surface area contributed by atoms with E-state index in [-0.39, 0.29) is 11.8 Å². The Morgan fingerprint density at radius 3 is 2.74 bits per heavy atom. The molecule has 1 fully saturated rings. The Bertz CT molecular complexity index is 1050. The molecule has 0 atom stereocenters. The van der Waals surface area contributed by atoms with Gasteiger partial charge in [0.1, 0.15) is 11.6 Å². The Kier molecular flexibility index (Phi) is 5.64. The van der Waals surface area contributed by atoms with Crippen molar-refractivity contribution in [2.24, 2.45) is 5.92 Å². The van der Waals surface area contributed by atoms with E-state index in [0.717, 1.165) is 67.5 Å². The fraction of sp³-hybridized carbons (Fsp3) is 0.375. The number of pyridine rings is 1. The number of carbonyl (C=O) groups is 1. The molecule has 2 aliphatic rings. The zero-order valence-electron chi connectivity index (χ0n) is 17.4. The molecule has 0 radical (unpaired) electrons. The van der Waals surface area contributed by atoms with Crippen LogP contribution in [0.1, 0.15) is 31.5 Å². The maximum atomic E-state index is 12.9. The zero-order valence-corrected chi connectivity index (χ0v) is 18.2. The molecule has 0 aliphatic carbocycles. The van der Waals surface area contributed by atoms with E-state index in [2.05, 4.69) is 32.0 Å². The first-order chi connectivity index (χ1) is 15.2. The predicted molar refractivity (Wildman–Crippen MR) is 123 cm³/mol. The summed E-state index contributed by atoms with van der Waals surface area (Å²) in [6.07, 6.45) is 8.88. The van der Waals surface area contributed by atoms with E-state index in [1.54, 1.807) is 6.20 Å². The number of halogens is 1. The van der Waals surface area contributed by atoms with Crippen LogP contribution in [0, 0.1) is 5.92 Å². The Hall–Kier alpha value is -2.86. The second kappa shape index (κ2) is 8.71. The minimum Gasteiger partial charge on any atom is -0.357 e. The summed E-state index contributed by atoms with van der Waals surface area (Å²) >= 11 is 5.93. The van der Waals surface area contributed by atoms with Crippen LogP contribution < -0.4 is 10.2 Å². The van der Waals surface area contributed by atoms with E-state index in [1.807, 2.05) is 30.3 Å². The van der Waals surface area contributed by atoms with Gasteiger partial charge in [-0.1, -0.05) is 23.7 Å². The number of aryl methyl sites for hydroxylation is 2. The molecule has 7 heteroatoms. The maximum Gasteiger partial charge on any atom is 0.227 e. The number of carbonyl (C=O) groups excluding carboxylic acids is 1. The first-order valence-electron chi connectivity index (χ1n) is 11.0. The fourth-order valence-electron chi connectivity index (χ4n) is 4.48. The molecule has 5 rings (SSSR count). The highest BCUT2D eigenvalue weighted by Gasteiger charge is 2.26. The van der Waals surface area contributed by atoms with E-state index in [1.165, 1.54) is 12.8 Å². The van der Waals surface area contributed by atoms with Gasteiger partial charge in [-0.2, -0.15) is 0 Å². The molecule has 31 heavy (non-hydrogen) atoms. The number of nitrogens with one attached hydrogen (secondary N) is 1. The third-order valence-electron chi connectivity index (χ3n) is 6.24. The van der Waals surface area contributed by atoms with E-state index in [9.17, 15) is 4.79 Å². The van der Waals surface area contributed by atoms with E-state index >= 15 is 0 Å². The summed E-state index contributed by atoms with van der Waals surface area (Å²) < 4.78 is 2.26. The van der Waals surface area contributed by atoms with Crippen molar-refractivity contribution in [2.75, 3.05) is 23.3 Å². The third kappa shape index (κ3) is 4.44. The van der Waals surface area contributed by atoms with Gasteiger partial charge in [-0.15, -0.1) is 0 Å². The molecule has 2 aromatic heterocycles. The molecule has 0 bridgehead atoms. The van der Waals surface area contributed by atoms with Gasteiger partial charge in [0.2, 0.25) is 5.91 Å². The number of imidazole rings is 1. The summed E-state index contributed by atoms with van der Waals surface area (Å²) in [5, 5.41) is 3.76. The number of benzene rings is 1. The lowest BCUT2D eigenvalue weighted by molar-refractivity contribution is -0.120. The molecular weight excluding hydrogens is 410 g/mol. The molecule has 1 amide bonds. The molecular formula is C24H26ClN5O. The van der Waals surface area contributed by atoms with Crippen molar-refractivity contribution in [1.29, 1.82) is 0 Å². The minimum absolute atomic E-state index is 0.00660. The Morgan fingerprint density at radius 1 is 1.10 bits per heavy atom. The summed E-state index contributed by atoms with van der Waals surface area (Å²) in [7, 11) is 0. The van der Waals surface area contributed by atoms with Crippen molar-refractivity contribution in [3.63, 3.8) is 0 Å². The van der Waals surface area contributed by atoms with Crippen molar-refractivity contribution in [3.05, 3.63) is 59.6 Å². The first kappa shape index (κ1) is 20.1. The zero-order chi connectivity index (χ0) is 21.2. The summed E-state index contributed by atoms with van der Waals surface area (Å²) in [6, 6.07) is 11.8. The van der Waals surface area contributed by atoms with Gasteiger partial charge >= 0.3 is 0 Å². The van der Waals surface area contributed by atoms with Crippen molar-refractivity contribution >= 4 is 29.0 Å². The van der Waals surface area contributed by atoms with Gasteiger partial charge in [-0.3, -0.25) is 4.79 Å². The number of anilines is 2. The van der Waals surface area contributed by atoms with Crippen LogP contribution in [0.3, 0.4) is 0 Å². The van der Waals surface area contributed by atoms with Crippen LogP contribution in [0.15, 0.2) is 48.8 Å². The Labute approximate surface area is 187 Å². The molecule has 0 spiro atoms. The lowest BCUT2D eigenvalue weighted by Gasteiger charge is -2.32. The molecule has 0 saturated carbocycles. The maximum absolute atomic E-state index is 12.9. The van der Waals surface area contributed by atoms with Crippen LogP contribution >= 0.6 is 11.6 Å². The SMILES string of the molecule is O=C(Nc1cccc(-c2cn3c(n2)CCCC3)c1)C1CCN(c2ccc(Cl)cn2)CC1. The van der Waals surface area contributed by atoms with Gasteiger partial charge in [0.25, 0.3) is 0 Å². The summed E-state index contributed by atoms with van der Waals surface area (Å²) in [5.41, 5.74) is 2.86. The average Bonchev–Trinajstić information content (AvgIpc) is 3.24. The molecule has 160 valence electrons. The predicted octanol–water partition coefficient (Wildman–Crippen LogP) is 4.79. The Morgan fingerprint density at radius 2 is 1.97 bits per heavy atom. The van der Waals surface area contributed by atoms with Gasteiger partial charge in [-0.25, -0.2) is 9.97 Å². The largest absolute Gasteiger partial charge is 0.357 e. The summed E-state index contributed by atoms with van der Waals surface area (Å²) in [6.45, 7) is 2.67. The topological polar surface area (TPSA) is 63.1 Å². The summed E-state index contributed by atoms with van der Waals surface area (Å²) in [4.78, 5) is 24.3. The summed E-state index contributed by atoms with van der Waals surface area (Å²) in [5.74, 6) is 2.17. The van der Waals surface area contributed by atoms with Crippen LogP contribution in [0.5, 0.6) is 0 Å². The van der Waals surface area contributed by atoms with E-state index < -0.39 is 0 Å². The molecule has 0 unspecified atom stereocenters. The first-order valence-corrected chi connectivity index (χ1v) is 11.4. The van der Waals surface area contributed by atoms with Crippen molar-refractivity contribution in [1.82, 2.24) is 14.5 Å². The average molecular weight is 436 g/mol. The highest BCUT2D eigenvalue weighted by Crippen LogP contribution is 2.27. The molecule has 6 nitrogen and oxygen atoms in total. The van der Waals surface area contributed by atoms with Crippen molar-refractivity contribution in [2.45, 2.75) is 38.6 Å². The smallest absolute Gasteiger partial charge is 0.227 e. The van der Waals surface area contributed by atoms with Crippen LogP contribution in [0.25, 0.3) is 11.3 Å². The molecule has 1 N–H and O–H groups in total. The quantitative estimate of drug-likeness (QED) is 0.640. The second-order valence-electron chi connectivity index (χ2n) is 8.36. The highest BCUT2D eigenvalue weighted by molar-refractivity contribution is 6.30. The second-order valence-corrected chi connectivity index (χ2v) is 8.80. The van der Waals surface area contributed by atoms with Crippen LogP contribution in [0.4, 0.5) is 11.5 Å². The minimum atomic E-state index is 0.00660. The Balaban J connectivity index is 1.21. The third-order valence-corrected chi connectivity index (χ3v) is 6.46. The lowest BCUT2D eigenvalue weighted by Crippen LogP contribution is -2.38.